The van der Waals surface area contributed by atoms with Gasteiger partial charge in [0.2, 0.25) is 0 Å². The van der Waals surface area contributed by atoms with Crippen molar-refractivity contribution in [3.8, 4) is 0 Å². The lowest BCUT2D eigenvalue weighted by Crippen LogP contribution is -2.61. The average molecular weight is 244 g/mol. The maximum atomic E-state index is 13.3. The molecule has 2 saturated carbocycles. The maximum Gasteiger partial charge on any atom is 0.252 e. The second-order valence-electron chi connectivity index (χ2n) is 6.68. The number of nitrogens with one attached hydrogen (secondary N) is 2. The lowest BCUT2D eigenvalue weighted by Gasteiger charge is -2.54. The van der Waals surface area contributed by atoms with Gasteiger partial charge in [-0.05, 0) is 50.5 Å². The first-order valence-electron chi connectivity index (χ1n) is 6.74. The molecule has 2 aliphatic carbocycles. The van der Waals surface area contributed by atoms with Crippen LogP contribution in [-0.4, -0.2) is 32.1 Å². The molecule has 2 N–H and O–H groups in total. The van der Waals surface area contributed by atoms with Crippen molar-refractivity contribution in [3.05, 3.63) is 0 Å². The van der Waals surface area contributed by atoms with Crippen molar-refractivity contribution < 1.29 is 8.78 Å². The zero-order valence-corrected chi connectivity index (χ0v) is 10.5. The predicted octanol–water partition coefficient (Wildman–Crippen LogP) is 2.01. The summed E-state index contributed by atoms with van der Waals surface area (Å²) in [6.45, 7) is 4.83. The molecular formula is C13H22F2N2. The van der Waals surface area contributed by atoms with Gasteiger partial charge in [-0.25, -0.2) is 8.78 Å². The van der Waals surface area contributed by atoms with E-state index in [1.807, 2.05) is 0 Å². The van der Waals surface area contributed by atoms with E-state index in [2.05, 4.69) is 10.6 Å². The molecule has 0 aromatic carbocycles. The van der Waals surface area contributed by atoms with Gasteiger partial charge in [0.25, 0.3) is 5.92 Å². The Bertz CT molecular complexity index is 295. The Hall–Kier alpha value is -0.220. The van der Waals surface area contributed by atoms with Gasteiger partial charge in [-0.15, -0.1) is 0 Å². The van der Waals surface area contributed by atoms with Crippen LogP contribution >= 0.6 is 0 Å². The van der Waals surface area contributed by atoms with Crippen molar-refractivity contribution >= 4 is 0 Å². The van der Waals surface area contributed by atoms with E-state index in [-0.39, 0.29) is 0 Å². The molecule has 0 aromatic heterocycles. The molecule has 1 aliphatic heterocycles. The van der Waals surface area contributed by atoms with Crippen LogP contribution in [0.25, 0.3) is 0 Å². The minimum absolute atomic E-state index is 0.498. The van der Waals surface area contributed by atoms with E-state index in [1.54, 1.807) is 0 Å². The van der Waals surface area contributed by atoms with Crippen molar-refractivity contribution in [1.82, 2.24) is 10.6 Å². The monoisotopic (exact) mass is 244 g/mol. The normalized spacial score (nSPS) is 29.8. The van der Waals surface area contributed by atoms with E-state index in [9.17, 15) is 8.78 Å². The second-order valence-corrected chi connectivity index (χ2v) is 6.68. The molecule has 0 atom stereocenters. The molecule has 1 spiro atoms. The highest BCUT2D eigenvalue weighted by molar-refractivity contribution is 5.05. The first-order valence-corrected chi connectivity index (χ1v) is 6.74. The van der Waals surface area contributed by atoms with Gasteiger partial charge < -0.3 is 10.6 Å². The minimum atomic E-state index is -2.52. The summed E-state index contributed by atoms with van der Waals surface area (Å²) in [5, 5.41) is 6.60. The lowest BCUT2D eigenvalue weighted by molar-refractivity contribution is -0.0556. The average Bonchev–Trinajstić information content (AvgIpc) is 2.85. The molecule has 0 radical (unpaired) electrons. The highest BCUT2D eigenvalue weighted by atomic mass is 19.3. The summed E-state index contributed by atoms with van der Waals surface area (Å²) < 4.78 is 26.6. The summed E-state index contributed by atoms with van der Waals surface area (Å²) in [6.07, 6.45) is 3.93. The van der Waals surface area contributed by atoms with Crippen LogP contribution in [0.3, 0.4) is 0 Å². The van der Waals surface area contributed by atoms with E-state index < -0.39 is 11.3 Å². The quantitative estimate of drug-likeness (QED) is 0.773. The Morgan fingerprint density at radius 2 is 1.94 bits per heavy atom. The van der Waals surface area contributed by atoms with E-state index in [4.69, 9.17) is 0 Å². The first-order chi connectivity index (χ1) is 7.95. The number of rotatable bonds is 5. The molecule has 0 unspecified atom stereocenters. The van der Waals surface area contributed by atoms with Crippen molar-refractivity contribution in [3.63, 3.8) is 0 Å². The van der Waals surface area contributed by atoms with Crippen molar-refractivity contribution in [1.29, 1.82) is 0 Å². The van der Waals surface area contributed by atoms with Crippen molar-refractivity contribution in [2.45, 2.75) is 38.5 Å². The third kappa shape index (κ3) is 1.99. The fraction of sp³-hybridized carbons (Fsp3) is 1.00. The molecule has 17 heavy (non-hydrogen) atoms. The molecular weight excluding hydrogens is 222 g/mol. The molecule has 98 valence electrons. The van der Waals surface area contributed by atoms with Gasteiger partial charge in [0.05, 0.1) is 0 Å². The van der Waals surface area contributed by atoms with Crippen LogP contribution < -0.4 is 10.6 Å². The lowest BCUT2D eigenvalue weighted by atomic mass is 9.58. The van der Waals surface area contributed by atoms with Gasteiger partial charge in [0, 0.05) is 25.0 Å². The summed E-state index contributed by atoms with van der Waals surface area (Å²) in [5.74, 6) is -1.79. The third-order valence-corrected chi connectivity index (χ3v) is 5.12. The van der Waals surface area contributed by atoms with E-state index in [1.165, 1.54) is 25.9 Å². The van der Waals surface area contributed by atoms with E-state index in [0.29, 0.717) is 24.8 Å². The Morgan fingerprint density at radius 3 is 2.35 bits per heavy atom. The molecule has 3 aliphatic rings. The summed E-state index contributed by atoms with van der Waals surface area (Å²) >= 11 is 0. The van der Waals surface area contributed by atoms with Crippen molar-refractivity contribution in [2.24, 2.45) is 16.7 Å². The maximum absolute atomic E-state index is 13.3. The second kappa shape index (κ2) is 3.64. The summed E-state index contributed by atoms with van der Waals surface area (Å²) in [6, 6.07) is 0. The molecule has 1 saturated heterocycles. The highest BCUT2D eigenvalue weighted by Gasteiger charge is 2.58. The van der Waals surface area contributed by atoms with Crippen LogP contribution in [0, 0.1) is 16.7 Å². The van der Waals surface area contributed by atoms with Crippen LogP contribution in [0.2, 0.25) is 0 Å². The third-order valence-electron chi connectivity index (χ3n) is 5.12. The number of hydrogen-bond donors (Lipinski definition) is 2. The van der Waals surface area contributed by atoms with E-state index in [0.717, 1.165) is 19.4 Å². The predicted molar refractivity (Wildman–Crippen MR) is 63.2 cm³/mol. The molecule has 0 amide bonds. The summed E-state index contributed by atoms with van der Waals surface area (Å²) in [7, 11) is 0. The number of alkyl halides is 2. The van der Waals surface area contributed by atoms with Gasteiger partial charge >= 0.3 is 0 Å². The Labute approximate surface area is 102 Å². The standard InChI is InChI=1S/C13H22F2N2/c1-11(14,15)13(2-3-13)9-16-6-10-4-12(5-10)7-17-8-12/h10,16-17H,2-9H2,1H3. The molecule has 2 nitrogen and oxygen atoms in total. The van der Waals surface area contributed by atoms with Crippen molar-refractivity contribution in [2.75, 3.05) is 26.2 Å². The van der Waals surface area contributed by atoms with Gasteiger partial charge in [0.15, 0.2) is 0 Å². The SMILES string of the molecule is CC(F)(F)C1(CNCC2CC3(CNC3)C2)CC1. The van der Waals surface area contributed by atoms with Crippen LogP contribution in [0.5, 0.6) is 0 Å². The van der Waals surface area contributed by atoms with Gasteiger partial charge in [0.1, 0.15) is 0 Å². The molecule has 1 heterocycles. The number of hydrogen-bond acceptors (Lipinski definition) is 2. The Balaban J connectivity index is 1.36. The molecule has 4 heteroatoms. The fourth-order valence-electron chi connectivity index (χ4n) is 3.51. The molecule has 0 aromatic rings. The van der Waals surface area contributed by atoms with E-state index >= 15 is 0 Å². The minimum Gasteiger partial charge on any atom is -0.316 e. The first kappa shape index (κ1) is 11.8. The summed E-state index contributed by atoms with van der Waals surface area (Å²) in [4.78, 5) is 0. The van der Waals surface area contributed by atoms with Crippen LogP contribution in [-0.2, 0) is 0 Å². The van der Waals surface area contributed by atoms with Crippen LogP contribution in [0.1, 0.15) is 32.6 Å². The van der Waals surface area contributed by atoms with Gasteiger partial charge in [-0.3, -0.25) is 0 Å². The van der Waals surface area contributed by atoms with Gasteiger partial charge in [-0.2, -0.15) is 0 Å². The largest absolute Gasteiger partial charge is 0.316 e. The fourth-order valence-corrected chi connectivity index (χ4v) is 3.51. The Morgan fingerprint density at radius 1 is 1.29 bits per heavy atom. The van der Waals surface area contributed by atoms with Gasteiger partial charge in [-0.1, -0.05) is 0 Å². The zero-order chi connectivity index (χ0) is 12.1. The van der Waals surface area contributed by atoms with Crippen LogP contribution in [0.15, 0.2) is 0 Å². The Kier molecular flexibility index (Phi) is 2.54. The molecule has 3 rings (SSSR count). The highest BCUT2D eigenvalue weighted by Crippen LogP contribution is 2.56. The zero-order valence-electron chi connectivity index (χ0n) is 10.5. The van der Waals surface area contributed by atoms with Crippen LogP contribution in [0.4, 0.5) is 8.78 Å². The summed E-state index contributed by atoms with van der Waals surface area (Å²) in [5.41, 5.74) is -0.120. The topological polar surface area (TPSA) is 24.1 Å². The number of halogens is 2. The molecule has 3 fully saturated rings. The smallest absolute Gasteiger partial charge is 0.252 e. The molecule has 0 bridgehead atoms.